The fourth-order valence-electron chi connectivity index (χ4n) is 3.64. The van der Waals surface area contributed by atoms with Gasteiger partial charge < -0.3 is 9.47 Å². The van der Waals surface area contributed by atoms with Crippen LogP contribution in [0.25, 0.3) is 0 Å². The van der Waals surface area contributed by atoms with Crippen LogP contribution in [0.3, 0.4) is 0 Å². The first kappa shape index (κ1) is 25.7. The minimum Gasteiger partial charge on any atom is -0.494 e. The second-order valence-corrected chi connectivity index (χ2v) is 9.57. The van der Waals surface area contributed by atoms with Crippen LogP contribution >= 0.6 is 0 Å². The lowest BCUT2D eigenvalue weighted by Gasteiger charge is -2.30. The molecule has 0 amide bonds. The highest BCUT2D eigenvalue weighted by Gasteiger charge is 2.40. The number of ketones is 1. The first-order chi connectivity index (χ1) is 16.0. The van der Waals surface area contributed by atoms with Gasteiger partial charge >= 0.3 is 12.1 Å². The van der Waals surface area contributed by atoms with E-state index in [4.69, 9.17) is 9.47 Å². The molecular weight excluding hydrogens is 475 g/mol. The Morgan fingerprint density at radius 3 is 2.24 bits per heavy atom. The molecule has 0 N–H and O–H groups in total. The molecular formula is C23H24F3NO6S. The van der Waals surface area contributed by atoms with Gasteiger partial charge in [0, 0.05) is 18.7 Å². The molecule has 1 aliphatic rings. The summed E-state index contributed by atoms with van der Waals surface area (Å²) >= 11 is 0. The van der Waals surface area contributed by atoms with Gasteiger partial charge in [-0.25, -0.2) is 8.42 Å². The molecule has 7 nitrogen and oxygen atoms in total. The normalized spacial score (nSPS) is 15.6. The summed E-state index contributed by atoms with van der Waals surface area (Å²) in [5.74, 6) is -1.10. The largest absolute Gasteiger partial charge is 0.494 e. The predicted octanol–water partition coefficient (Wildman–Crippen LogP) is 3.93. The Labute approximate surface area is 195 Å². The summed E-state index contributed by atoms with van der Waals surface area (Å²) in [4.78, 5) is 23.8. The van der Waals surface area contributed by atoms with Crippen molar-refractivity contribution >= 4 is 21.8 Å². The molecule has 0 unspecified atom stereocenters. The van der Waals surface area contributed by atoms with Crippen molar-refractivity contribution in [2.45, 2.75) is 30.8 Å². The van der Waals surface area contributed by atoms with E-state index in [0.29, 0.717) is 17.9 Å². The number of ether oxygens (including phenoxy) is 2. The van der Waals surface area contributed by atoms with E-state index >= 15 is 0 Å². The summed E-state index contributed by atoms with van der Waals surface area (Å²) in [6, 6.07) is 10.4. The van der Waals surface area contributed by atoms with Gasteiger partial charge in [-0.15, -0.1) is 0 Å². The minimum absolute atomic E-state index is 0.0729. The van der Waals surface area contributed by atoms with E-state index in [1.54, 1.807) is 24.3 Å². The lowest BCUT2D eigenvalue weighted by atomic mass is 9.98. The Kier molecular flexibility index (Phi) is 7.98. The SMILES string of the molecule is CCOc1ccc(C(=O)COC(=O)C2CCN(S(=O)(=O)c3ccccc3C(F)(F)F)CC2)cc1. The summed E-state index contributed by atoms with van der Waals surface area (Å²) in [6.45, 7) is 1.58. The van der Waals surface area contributed by atoms with Gasteiger partial charge in [-0.2, -0.15) is 17.5 Å². The molecule has 184 valence electrons. The third-order valence-electron chi connectivity index (χ3n) is 5.43. The molecule has 0 spiro atoms. The van der Waals surface area contributed by atoms with Gasteiger partial charge in [-0.3, -0.25) is 9.59 Å². The van der Waals surface area contributed by atoms with Gasteiger partial charge in [0.05, 0.1) is 23.0 Å². The van der Waals surface area contributed by atoms with Crippen LogP contribution in [-0.4, -0.2) is 50.8 Å². The highest BCUT2D eigenvalue weighted by atomic mass is 32.2. The molecule has 0 aromatic heterocycles. The maximum atomic E-state index is 13.3. The van der Waals surface area contributed by atoms with E-state index < -0.39 is 50.9 Å². The van der Waals surface area contributed by atoms with Gasteiger partial charge in [-0.1, -0.05) is 12.1 Å². The minimum atomic E-state index is -4.82. The Hall–Kier alpha value is -2.92. The number of hydrogen-bond donors (Lipinski definition) is 0. The van der Waals surface area contributed by atoms with Crippen LogP contribution in [-0.2, 0) is 25.7 Å². The summed E-state index contributed by atoms with van der Waals surface area (Å²) in [7, 11) is -4.40. The Morgan fingerprint density at radius 2 is 1.65 bits per heavy atom. The lowest BCUT2D eigenvalue weighted by Crippen LogP contribution is -2.41. The highest BCUT2D eigenvalue weighted by Crippen LogP contribution is 2.36. The first-order valence-corrected chi connectivity index (χ1v) is 12.1. The van der Waals surface area contributed by atoms with E-state index in [1.807, 2.05) is 6.92 Å². The van der Waals surface area contributed by atoms with Crippen molar-refractivity contribution < 1.29 is 40.7 Å². The van der Waals surface area contributed by atoms with Crippen LogP contribution in [0.5, 0.6) is 5.75 Å². The number of rotatable bonds is 8. The maximum Gasteiger partial charge on any atom is 0.417 e. The van der Waals surface area contributed by atoms with Crippen molar-refractivity contribution in [3.8, 4) is 5.75 Å². The second kappa shape index (κ2) is 10.6. The number of Topliss-reactive ketones (excluding diaryl/α,β-unsaturated/α-hetero) is 1. The summed E-state index contributed by atoms with van der Waals surface area (Å²) in [5, 5.41) is 0. The van der Waals surface area contributed by atoms with E-state index in [-0.39, 0.29) is 25.9 Å². The smallest absolute Gasteiger partial charge is 0.417 e. The molecule has 2 aromatic rings. The van der Waals surface area contributed by atoms with Crippen molar-refractivity contribution in [1.82, 2.24) is 4.31 Å². The number of carbonyl (C=O) groups excluding carboxylic acids is 2. The van der Waals surface area contributed by atoms with Crippen LogP contribution in [0, 0.1) is 5.92 Å². The van der Waals surface area contributed by atoms with Crippen LogP contribution in [0.1, 0.15) is 35.7 Å². The average molecular weight is 500 g/mol. The monoisotopic (exact) mass is 499 g/mol. The molecule has 34 heavy (non-hydrogen) atoms. The van der Waals surface area contributed by atoms with E-state index in [9.17, 15) is 31.2 Å². The third kappa shape index (κ3) is 5.95. The highest BCUT2D eigenvalue weighted by molar-refractivity contribution is 7.89. The fourth-order valence-corrected chi connectivity index (χ4v) is 5.32. The fraction of sp³-hybridized carbons (Fsp3) is 0.391. The first-order valence-electron chi connectivity index (χ1n) is 10.6. The Balaban J connectivity index is 1.56. The van der Waals surface area contributed by atoms with Crippen LogP contribution < -0.4 is 4.74 Å². The topological polar surface area (TPSA) is 90.0 Å². The van der Waals surface area contributed by atoms with E-state index in [1.165, 1.54) is 6.07 Å². The summed E-state index contributed by atoms with van der Waals surface area (Å²) in [6.07, 6.45) is -4.67. The van der Waals surface area contributed by atoms with Crippen LogP contribution in [0.15, 0.2) is 53.4 Å². The van der Waals surface area contributed by atoms with Crippen LogP contribution in [0.2, 0.25) is 0 Å². The van der Waals surface area contributed by atoms with Crippen molar-refractivity contribution in [2.75, 3.05) is 26.3 Å². The second-order valence-electron chi connectivity index (χ2n) is 7.66. The zero-order chi connectivity index (χ0) is 24.9. The Morgan fingerprint density at radius 1 is 1.03 bits per heavy atom. The number of piperidine rings is 1. The zero-order valence-corrected chi connectivity index (χ0v) is 19.2. The number of halogens is 3. The molecule has 11 heteroatoms. The van der Waals surface area contributed by atoms with E-state index in [2.05, 4.69) is 0 Å². The van der Waals surface area contributed by atoms with Gasteiger partial charge in [-0.05, 0) is 56.2 Å². The van der Waals surface area contributed by atoms with Crippen LogP contribution in [0.4, 0.5) is 13.2 Å². The number of nitrogens with zero attached hydrogens (tertiary/aromatic N) is 1. The molecule has 1 heterocycles. The lowest BCUT2D eigenvalue weighted by molar-refractivity contribution is -0.148. The molecule has 3 rings (SSSR count). The number of benzene rings is 2. The van der Waals surface area contributed by atoms with E-state index in [0.717, 1.165) is 22.5 Å². The zero-order valence-electron chi connectivity index (χ0n) is 18.4. The average Bonchev–Trinajstić information content (AvgIpc) is 2.82. The number of carbonyl (C=O) groups is 2. The molecule has 1 fully saturated rings. The standard InChI is InChI=1S/C23H24F3NO6S/c1-2-32-18-9-7-16(8-10-18)20(28)15-33-22(29)17-11-13-27(14-12-17)34(30,31)21-6-4-3-5-19(21)23(24,25)26/h3-10,17H,2,11-15H2,1H3. The Bertz CT molecular complexity index is 1120. The molecule has 0 radical (unpaired) electrons. The maximum absolute atomic E-state index is 13.3. The molecule has 1 saturated heterocycles. The van der Waals surface area contributed by atoms with Crippen molar-refractivity contribution in [3.05, 3.63) is 59.7 Å². The molecule has 0 aliphatic carbocycles. The molecule has 2 aromatic carbocycles. The number of hydrogen-bond acceptors (Lipinski definition) is 6. The van der Waals surface area contributed by atoms with Crippen molar-refractivity contribution in [1.29, 1.82) is 0 Å². The van der Waals surface area contributed by atoms with Gasteiger partial charge in [0.2, 0.25) is 10.0 Å². The third-order valence-corrected chi connectivity index (χ3v) is 7.39. The number of esters is 1. The van der Waals surface area contributed by atoms with Crippen molar-refractivity contribution in [3.63, 3.8) is 0 Å². The quantitative estimate of drug-likeness (QED) is 0.404. The molecule has 0 bridgehead atoms. The summed E-state index contributed by atoms with van der Waals surface area (Å²) < 4.78 is 76.8. The molecule has 0 saturated carbocycles. The predicted molar refractivity (Wildman–Crippen MR) is 116 cm³/mol. The van der Waals surface area contributed by atoms with Crippen molar-refractivity contribution in [2.24, 2.45) is 5.92 Å². The molecule has 0 atom stereocenters. The van der Waals surface area contributed by atoms with Gasteiger partial charge in [0.25, 0.3) is 0 Å². The molecule has 1 aliphatic heterocycles. The van der Waals surface area contributed by atoms with Gasteiger partial charge in [0.15, 0.2) is 12.4 Å². The number of alkyl halides is 3. The van der Waals surface area contributed by atoms with Gasteiger partial charge in [0.1, 0.15) is 5.75 Å². The summed E-state index contributed by atoms with van der Waals surface area (Å²) in [5.41, 5.74) is -0.884. The number of sulfonamides is 1.